The van der Waals surface area contributed by atoms with Gasteiger partial charge in [-0.15, -0.1) is 11.3 Å². The van der Waals surface area contributed by atoms with Crippen LogP contribution in [-0.2, 0) is 11.2 Å². The predicted molar refractivity (Wildman–Crippen MR) is 61.4 cm³/mol. The van der Waals surface area contributed by atoms with E-state index < -0.39 is 5.97 Å². The fourth-order valence-electron chi connectivity index (χ4n) is 1.45. The van der Waals surface area contributed by atoms with Crippen molar-refractivity contribution in [3.05, 3.63) is 34.4 Å². The summed E-state index contributed by atoms with van der Waals surface area (Å²) in [5, 5.41) is 9.68. The minimum Gasteiger partial charge on any atom is -0.481 e. The van der Waals surface area contributed by atoms with Gasteiger partial charge in [0.1, 0.15) is 0 Å². The molecule has 16 heavy (non-hydrogen) atoms. The number of rotatable bonds is 3. The Balaban J connectivity index is 2.44. The lowest BCUT2D eigenvalue weighted by atomic mass is 10.1. The number of aliphatic carboxylic acids is 1. The van der Waals surface area contributed by atoms with Crippen molar-refractivity contribution < 1.29 is 9.90 Å². The Bertz CT molecular complexity index is 508. The molecular formula is C11H10N2O2S. The van der Waals surface area contributed by atoms with Gasteiger partial charge in [0.05, 0.1) is 17.1 Å². The second kappa shape index (κ2) is 4.40. The van der Waals surface area contributed by atoms with E-state index in [0.717, 1.165) is 21.1 Å². The molecule has 0 unspecified atom stereocenters. The van der Waals surface area contributed by atoms with Crippen molar-refractivity contribution in [2.45, 2.75) is 13.3 Å². The lowest BCUT2D eigenvalue weighted by molar-refractivity contribution is -0.136. The second-order valence-electron chi connectivity index (χ2n) is 3.32. The highest BCUT2D eigenvalue weighted by atomic mass is 32.1. The zero-order chi connectivity index (χ0) is 11.5. The molecule has 0 saturated heterocycles. The molecule has 0 fully saturated rings. The molecule has 0 aliphatic carbocycles. The van der Waals surface area contributed by atoms with E-state index in [1.807, 2.05) is 19.1 Å². The summed E-state index contributed by atoms with van der Waals surface area (Å²) >= 11 is 1.42. The van der Waals surface area contributed by atoms with Gasteiger partial charge in [-0.05, 0) is 19.1 Å². The quantitative estimate of drug-likeness (QED) is 0.883. The molecule has 0 aliphatic rings. The highest BCUT2D eigenvalue weighted by Gasteiger charge is 2.13. The van der Waals surface area contributed by atoms with Gasteiger partial charge >= 0.3 is 5.97 Å². The van der Waals surface area contributed by atoms with Gasteiger partial charge in [0.15, 0.2) is 0 Å². The van der Waals surface area contributed by atoms with E-state index in [4.69, 9.17) is 5.11 Å². The van der Waals surface area contributed by atoms with Gasteiger partial charge in [-0.3, -0.25) is 9.78 Å². The van der Waals surface area contributed by atoms with E-state index in [2.05, 4.69) is 9.97 Å². The molecule has 1 N–H and O–H groups in total. The SMILES string of the molecule is Cc1nc(-c2cccnc2)c(CC(=O)O)s1. The molecule has 0 saturated carbocycles. The minimum atomic E-state index is -0.839. The number of thiazole rings is 1. The molecule has 0 amide bonds. The molecule has 2 aromatic rings. The fraction of sp³-hybridized carbons (Fsp3) is 0.182. The van der Waals surface area contributed by atoms with Crippen molar-refractivity contribution in [1.29, 1.82) is 0 Å². The van der Waals surface area contributed by atoms with Crippen LogP contribution in [0, 0.1) is 6.92 Å². The third-order valence-corrected chi connectivity index (χ3v) is 3.02. The zero-order valence-electron chi connectivity index (χ0n) is 8.67. The van der Waals surface area contributed by atoms with Crippen molar-refractivity contribution in [2.24, 2.45) is 0 Å². The summed E-state index contributed by atoms with van der Waals surface area (Å²) in [5.74, 6) is -0.839. The number of hydrogen-bond donors (Lipinski definition) is 1. The number of aromatic nitrogens is 2. The topological polar surface area (TPSA) is 63.1 Å². The first-order valence-electron chi connectivity index (χ1n) is 4.75. The standard InChI is InChI=1S/C11H10N2O2S/c1-7-13-11(8-3-2-4-12-6-8)9(16-7)5-10(14)15/h2-4,6H,5H2,1H3,(H,14,15). The summed E-state index contributed by atoms with van der Waals surface area (Å²) in [4.78, 5) is 19.9. The fourth-order valence-corrected chi connectivity index (χ4v) is 2.40. The van der Waals surface area contributed by atoms with Crippen molar-refractivity contribution in [1.82, 2.24) is 9.97 Å². The molecule has 2 rings (SSSR count). The zero-order valence-corrected chi connectivity index (χ0v) is 9.49. The molecule has 4 nitrogen and oxygen atoms in total. The molecule has 0 atom stereocenters. The number of carboxylic acids is 1. The summed E-state index contributed by atoms with van der Waals surface area (Å²) in [6, 6.07) is 3.70. The van der Waals surface area contributed by atoms with E-state index >= 15 is 0 Å². The van der Waals surface area contributed by atoms with Gasteiger partial charge in [-0.2, -0.15) is 0 Å². The van der Waals surface area contributed by atoms with Crippen molar-refractivity contribution in [2.75, 3.05) is 0 Å². The summed E-state index contributed by atoms with van der Waals surface area (Å²) in [6.07, 6.45) is 3.38. The number of pyridine rings is 1. The van der Waals surface area contributed by atoms with Crippen LogP contribution in [0.4, 0.5) is 0 Å². The van der Waals surface area contributed by atoms with Gasteiger partial charge in [0.2, 0.25) is 0 Å². The Hall–Kier alpha value is -1.75. The molecule has 2 aromatic heterocycles. The molecule has 0 radical (unpaired) electrons. The average Bonchev–Trinajstić information content (AvgIpc) is 2.60. The largest absolute Gasteiger partial charge is 0.481 e. The van der Waals surface area contributed by atoms with Crippen LogP contribution in [0.1, 0.15) is 9.88 Å². The average molecular weight is 234 g/mol. The second-order valence-corrected chi connectivity index (χ2v) is 4.60. The highest BCUT2D eigenvalue weighted by molar-refractivity contribution is 7.12. The van der Waals surface area contributed by atoms with Crippen LogP contribution in [0.5, 0.6) is 0 Å². The molecule has 2 heterocycles. The van der Waals surface area contributed by atoms with Crippen LogP contribution in [-0.4, -0.2) is 21.0 Å². The number of aryl methyl sites for hydroxylation is 1. The smallest absolute Gasteiger partial charge is 0.308 e. The maximum atomic E-state index is 10.7. The summed E-state index contributed by atoms with van der Waals surface area (Å²) in [7, 11) is 0. The number of carbonyl (C=O) groups is 1. The first-order chi connectivity index (χ1) is 7.66. The lowest BCUT2D eigenvalue weighted by Gasteiger charge is -1.98. The van der Waals surface area contributed by atoms with E-state index in [-0.39, 0.29) is 6.42 Å². The molecule has 82 valence electrons. The molecule has 0 bridgehead atoms. The molecule has 0 aliphatic heterocycles. The van der Waals surface area contributed by atoms with E-state index in [0.29, 0.717) is 0 Å². The van der Waals surface area contributed by atoms with Crippen LogP contribution in [0.2, 0.25) is 0 Å². The van der Waals surface area contributed by atoms with Gasteiger partial charge in [0, 0.05) is 22.8 Å². The normalized spacial score (nSPS) is 10.3. The number of hydrogen-bond acceptors (Lipinski definition) is 4. The molecule has 0 aromatic carbocycles. The molecular weight excluding hydrogens is 224 g/mol. The Morgan fingerprint density at radius 1 is 1.56 bits per heavy atom. The van der Waals surface area contributed by atoms with Crippen molar-refractivity contribution >= 4 is 17.3 Å². The Kier molecular flexibility index (Phi) is 2.96. The molecule has 0 spiro atoms. The van der Waals surface area contributed by atoms with Crippen LogP contribution < -0.4 is 0 Å². The van der Waals surface area contributed by atoms with Gasteiger partial charge < -0.3 is 5.11 Å². The monoisotopic (exact) mass is 234 g/mol. The van der Waals surface area contributed by atoms with Crippen molar-refractivity contribution in [3.63, 3.8) is 0 Å². The van der Waals surface area contributed by atoms with Crippen LogP contribution in [0.3, 0.4) is 0 Å². The minimum absolute atomic E-state index is 0.00966. The Morgan fingerprint density at radius 2 is 2.38 bits per heavy atom. The van der Waals surface area contributed by atoms with Gasteiger partial charge in [-0.25, -0.2) is 4.98 Å². The Labute approximate surface area is 96.6 Å². The number of nitrogens with zero attached hydrogens (tertiary/aromatic N) is 2. The maximum Gasteiger partial charge on any atom is 0.308 e. The van der Waals surface area contributed by atoms with Gasteiger partial charge in [-0.1, -0.05) is 0 Å². The lowest BCUT2D eigenvalue weighted by Crippen LogP contribution is -1.99. The predicted octanol–water partition coefficient (Wildman–Crippen LogP) is 2.14. The third kappa shape index (κ3) is 2.25. The van der Waals surface area contributed by atoms with E-state index in [9.17, 15) is 4.79 Å². The van der Waals surface area contributed by atoms with Crippen LogP contribution >= 0.6 is 11.3 Å². The molecule has 5 heteroatoms. The third-order valence-electron chi connectivity index (χ3n) is 2.05. The first-order valence-corrected chi connectivity index (χ1v) is 5.57. The first kappa shape index (κ1) is 10.8. The number of carboxylic acid groups (broad SMARTS) is 1. The van der Waals surface area contributed by atoms with Crippen molar-refractivity contribution in [3.8, 4) is 11.3 Å². The van der Waals surface area contributed by atoms with Crippen LogP contribution in [0.25, 0.3) is 11.3 Å². The van der Waals surface area contributed by atoms with E-state index in [1.54, 1.807) is 12.4 Å². The Morgan fingerprint density at radius 3 is 3.00 bits per heavy atom. The highest BCUT2D eigenvalue weighted by Crippen LogP contribution is 2.27. The van der Waals surface area contributed by atoms with Gasteiger partial charge in [0.25, 0.3) is 0 Å². The summed E-state index contributed by atoms with van der Waals surface area (Å²) in [6.45, 7) is 1.87. The summed E-state index contributed by atoms with van der Waals surface area (Å²) in [5.41, 5.74) is 1.60. The van der Waals surface area contributed by atoms with Crippen LogP contribution in [0.15, 0.2) is 24.5 Å². The summed E-state index contributed by atoms with van der Waals surface area (Å²) < 4.78 is 0. The van der Waals surface area contributed by atoms with E-state index in [1.165, 1.54) is 11.3 Å². The maximum absolute atomic E-state index is 10.7.